The first-order valence-corrected chi connectivity index (χ1v) is 6.44. The van der Waals surface area contributed by atoms with Crippen molar-refractivity contribution >= 4 is 0 Å². The second-order valence-electron chi connectivity index (χ2n) is 5.29. The largest absolute Gasteiger partial charge is 0.388 e. The van der Waals surface area contributed by atoms with Crippen molar-refractivity contribution in [1.82, 2.24) is 0 Å². The Morgan fingerprint density at radius 1 is 1.06 bits per heavy atom. The summed E-state index contributed by atoms with van der Waals surface area (Å²) in [7, 11) is 0. The standard InChI is InChI=1S/C15H24O3/c1-15(2,3)18-12-11-17-10-9-14(16)13-7-5-4-6-8-13/h4-8,14,16H,9-12H2,1-3H3. The summed E-state index contributed by atoms with van der Waals surface area (Å²) in [4.78, 5) is 0. The second kappa shape index (κ2) is 7.52. The van der Waals surface area contributed by atoms with E-state index < -0.39 is 6.10 Å². The van der Waals surface area contributed by atoms with E-state index >= 15 is 0 Å². The molecule has 0 fully saturated rings. The molecule has 1 aromatic rings. The molecule has 0 aliphatic carbocycles. The van der Waals surface area contributed by atoms with E-state index in [0.29, 0.717) is 26.2 Å². The van der Waals surface area contributed by atoms with Crippen LogP contribution in [0, 0.1) is 0 Å². The Bertz CT molecular complexity index is 316. The zero-order chi connectivity index (χ0) is 13.4. The minimum atomic E-state index is -0.449. The fourth-order valence-electron chi connectivity index (χ4n) is 1.55. The maximum Gasteiger partial charge on any atom is 0.0812 e. The number of benzene rings is 1. The van der Waals surface area contributed by atoms with Crippen molar-refractivity contribution in [2.75, 3.05) is 19.8 Å². The van der Waals surface area contributed by atoms with E-state index in [1.165, 1.54) is 0 Å². The van der Waals surface area contributed by atoms with Crippen LogP contribution in [0.25, 0.3) is 0 Å². The molecule has 1 aromatic carbocycles. The van der Waals surface area contributed by atoms with Gasteiger partial charge < -0.3 is 14.6 Å². The van der Waals surface area contributed by atoms with Crippen molar-refractivity contribution in [3.05, 3.63) is 35.9 Å². The average molecular weight is 252 g/mol. The van der Waals surface area contributed by atoms with Gasteiger partial charge in [0.25, 0.3) is 0 Å². The average Bonchev–Trinajstić information content (AvgIpc) is 2.33. The van der Waals surface area contributed by atoms with Crippen LogP contribution in [0.2, 0.25) is 0 Å². The van der Waals surface area contributed by atoms with Crippen LogP contribution < -0.4 is 0 Å². The third kappa shape index (κ3) is 6.74. The van der Waals surface area contributed by atoms with Gasteiger partial charge in [-0.1, -0.05) is 30.3 Å². The molecule has 0 heterocycles. The van der Waals surface area contributed by atoms with Crippen LogP contribution in [0.4, 0.5) is 0 Å². The van der Waals surface area contributed by atoms with Gasteiger partial charge in [0.2, 0.25) is 0 Å². The van der Waals surface area contributed by atoms with E-state index in [0.717, 1.165) is 5.56 Å². The predicted octanol–water partition coefficient (Wildman–Crippen LogP) is 2.94. The first-order valence-electron chi connectivity index (χ1n) is 6.44. The third-order valence-electron chi connectivity index (χ3n) is 2.48. The van der Waals surface area contributed by atoms with Crippen molar-refractivity contribution in [1.29, 1.82) is 0 Å². The van der Waals surface area contributed by atoms with E-state index in [9.17, 15) is 5.11 Å². The molecule has 0 aromatic heterocycles. The highest BCUT2D eigenvalue weighted by molar-refractivity contribution is 5.16. The van der Waals surface area contributed by atoms with E-state index in [1.54, 1.807) is 0 Å². The molecular formula is C15H24O3. The molecule has 0 saturated carbocycles. The molecule has 0 spiro atoms. The van der Waals surface area contributed by atoms with Gasteiger partial charge in [0.1, 0.15) is 0 Å². The second-order valence-corrected chi connectivity index (χ2v) is 5.29. The molecule has 1 atom stereocenters. The van der Waals surface area contributed by atoms with Crippen molar-refractivity contribution in [2.45, 2.75) is 38.9 Å². The van der Waals surface area contributed by atoms with Crippen molar-refractivity contribution in [2.24, 2.45) is 0 Å². The van der Waals surface area contributed by atoms with Gasteiger partial charge in [0.05, 0.1) is 24.9 Å². The zero-order valence-electron chi connectivity index (χ0n) is 11.6. The lowest BCUT2D eigenvalue weighted by atomic mass is 10.1. The van der Waals surface area contributed by atoms with Gasteiger partial charge in [-0.2, -0.15) is 0 Å². The van der Waals surface area contributed by atoms with Crippen LogP contribution >= 0.6 is 0 Å². The summed E-state index contributed by atoms with van der Waals surface area (Å²) in [5.41, 5.74) is 0.819. The number of aliphatic hydroxyl groups excluding tert-OH is 1. The van der Waals surface area contributed by atoms with Crippen LogP contribution in [0.5, 0.6) is 0 Å². The Morgan fingerprint density at radius 3 is 2.33 bits per heavy atom. The van der Waals surface area contributed by atoms with Crippen LogP contribution in [0.1, 0.15) is 38.9 Å². The Balaban J connectivity index is 2.08. The van der Waals surface area contributed by atoms with Gasteiger partial charge in [-0.3, -0.25) is 0 Å². The predicted molar refractivity (Wildman–Crippen MR) is 72.5 cm³/mol. The summed E-state index contributed by atoms with van der Waals surface area (Å²) in [5, 5.41) is 9.90. The topological polar surface area (TPSA) is 38.7 Å². The number of ether oxygens (including phenoxy) is 2. The molecule has 102 valence electrons. The molecular weight excluding hydrogens is 228 g/mol. The first kappa shape index (κ1) is 15.2. The Morgan fingerprint density at radius 2 is 1.72 bits per heavy atom. The van der Waals surface area contributed by atoms with Crippen molar-refractivity contribution in [3.8, 4) is 0 Å². The highest BCUT2D eigenvalue weighted by atomic mass is 16.5. The van der Waals surface area contributed by atoms with Crippen LogP contribution in [-0.4, -0.2) is 30.5 Å². The van der Waals surface area contributed by atoms with E-state index in [4.69, 9.17) is 9.47 Å². The molecule has 0 amide bonds. The van der Waals surface area contributed by atoms with Gasteiger partial charge in [-0.25, -0.2) is 0 Å². The lowest BCUT2D eigenvalue weighted by molar-refractivity contribution is -0.0381. The highest BCUT2D eigenvalue weighted by Crippen LogP contribution is 2.15. The number of hydrogen-bond donors (Lipinski definition) is 1. The molecule has 1 rings (SSSR count). The lowest BCUT2D eigenvalue weighted by Gasteiger charge is -2.19. The summed E-state index contributed by atoms with van der Waals surface area (Å²) in [6.07, 6.45) is 0.161. The molecule has 1 N–H and O–H groups in total. The minimum Gasteiger partial charge on any atom is -0.388 e. The Labute approximate surface area is 110 Å². The normalized spacial score (nSPS) is 13.6. The summed E-state index contributed by atoms with van der Waals surface area (Å²) in [5.74, 6) is 0. The lowest BCUT2D eigenvalue weighted by Crippen LogP contribution is -2.22. The maximum absolute atomic E-state index is 9.90. The van der Waals surface area contributed by atoms with Gasteiger partial charge in [-0.05, 0) is 26.3 Å². The van der Waals surface area contributed by atoms with E-state index in [1.807, 2.05) is 51.1 Å². The molecule has 1 unspecified atom stereocenters. The fraction of sp³-hybridized carbons (Fsp3) is 0.600. The summed E-state index contributed by atoms with van der Waals surface area (Å²) >= 11 is 0. The van der Waals surface area contributed by atoms with Crippen LogP contribution in [0.3, 0.4) is 0 Å². The zero-order valence-corrected chi connectivity index (χ0v) is 11.6. The third-order valence-corrected chi connectivity index (χ3v) is 2.48. The fourth-order valence-corrected chi connectivity index (χ4v) is 1.55. The number of rotatable bonds is 7. The molecule has 0 aliphatic heterocycles. The van der Waals surface area contributed by atoms with Crippen molar-refractivity contribution in [3.63, 3.8) is 0 Å². The van der Waals surface area contributed by atoms with Crippen LogP contribution in [0.15, 0.2) is 30.3 Å². The minimum absolute atomic E-state index is 0.118. The summed E-state index contributed by atoms with van der Waals surface area (Å²) in [6, 6.07) is 9.64. The van der Waals surface area contributed by atoms with Crippen LogP contribution in [-0.2, 0) is 9.47 Å². The molecule has 0 saturated heterocycles. The van der Waals surface area contributed by atoms with Gasteiger partial charge in [0, 0.05) is 13.0 Å². The molecule has 0 bridgehead atoms. The smallest absolute Gasteiger partial charge is 0.0812 e. The quantitative estimate of drug-likeness (QED) is 0.758. The monoisotopic (exact) mass is 252 g/mol. The van der Waals surface area contributed by atoms with Gasteiger partial charge in [-0.15, -0.1) is 0 Å². The molecule has 0 aliphatic rings. The number of hydrogen-bond acceptors (Lipinski definition) is 3. The van der Waals surface area contributed by atoms with E-state index in [2.05, 4.69) is 0 Å². The van der Waals surface area contributed by atoms with Gasteiger partial charge in [0.15, 0.2) is 0 Å². The molecule has 3 nitrogen and oxygen atoms in total. The highest BCUT2D eigenvalue weighted by Gasteiger charge is 2.09. The molecule has 3 heteroatoms. The van der Waals surface area contributed by atoms with E-state index in [-0.39, 0.29) is 5.60 Å². The number of aliphatic hydroxyl groups is 1. The molecule has 18 heavy (non-hydrogen) atoms. The first-order chi connectivity index (χ1) is 8.49. The SMILES string of the molecule is CC(C)(C)OCCOCCC(O)c1ccccc1. The summed E-state index contributed by atoms with van der Waals surface area (Å²) in [6.45, 7) is 7.76. The Kier molecular flexibility index (Phi) is 6.33. The molecule has 0 radical (unpaired) electrons. The maximum atomic E-state index is 9.90. The Hall–Kier alpha value is -0.900. The van der Waals surface area contributed by atoms with Crippen molar-refractivity contribution < 1.29 is 14.6 Å². The summed E-state index contributed by atoms with van der Waals surface area (Å²) < 4.78 is 11.0. The van der Waals surface area contributed by atoms with Gasteiger partial charge >= 0.3 is 0 Å².